The standard InChI is InChI=1S/C15H22N2O2/c18-15(19-12-13-6-2-1-3-7-13)17-11-14-8-4-5-9-16-10-14/h1-3,6-7,14,16H,4-5,8-12H2,(H,17,18). The maximum Gasteiger partial charge on any atom is 0.407 e. The van der Waals surface area contributed by atoms with Gasteiger partial charge in [0.25, 0.3) is 0 Å². The van der Waals surface area contributed by atoms with E-state index in [2.05, 4.69) is 10.6 Å². The van der Waals surface area contributed by atoms with Crippen LogP contribution in [0.5, 0.6) is 0 Å². The number of nitrogens with one attached hydrogen (secondary N) is 2. The van der Waals surface area contributed by atoms with Crippen molar-refractivity contribution in [3.63, 3.8) is 0 Å². The Labute approximate surface area is 114 Å². The highest BCUT2D eigenvalue weighted by molar-refractivity contribution is 5.67. The lowest BCUT2D eigenvalue weighted by Crippen LogP contribution is -2.33. The molecule has 1 aromatic carbocycles. The van der Waals surface area contributed by atoms with Crippen molar-refractivity contribution in [3.8, 4) is 0 Å². The molecule has 0 saturated carbocycles. The molecule has 0 aromatic heterocycles. The van der Waals surface area contributed by atoms with Crippen molar-refractivity contribution in [2.45, 2.75) is 25.9 Å². The van der Waals surface area contributed by atoms with E-state index in [1.807, 2.05) is 30.3 Å². The second-order valence-electron chi connectivity index (χ2n) is 5.01. The molecular weight excluding hydrogens is 240 g/mol. The van der Waals surface area contributed by atoms with Gasteiger partial charge in [0.2, 0.25) is 0 Å². The molecule has 2 N–H and O–H groups in total. The summed E-state index contributed by atoms with van der Waals surface area (Å²) in [6, 6.07) is 9.72. The van der Waals surface area contributed by atoms with E-state index >= 15 is 0 Å². The van der Waals surface area contributed by atoms with Crippen molar-refractivity contribution >= 4 is 6.09 Å². The monoisotopic (exact) mass is 262 g/mol. The van der Waals surface area contributed by atoms with Gasteiger partial charge < -0.3 is 15.4 Å². The van der Waals surface area contributed by atoms with Crippen molar-refractivity contribution in [1.82, 2.24) is 10.6 Å². The molecule has 0 spiro atoms. The summed E-state index contributed by atoms with van der Waals surface area (Å²) in [4.78, 5) is 11.6. The van der Waals surface area contributed by atoms with Gasteiger partial charge >= 0.3 is 6.09 Å². The number of hydrogen-bond acceptors (Lipinski definition) is 3. The highest BCUT2D eigenvalue weighted by Gasteiger charge is 2.13. The highest BCUT2D eigenvalue weighted by Crippen LogP contribution is 2.10. The number of alkyl carbamates (subject to hydrolysis) is 1. The Bertz CT molecular complexity index is 373. The third kappa shape index (κ3) is 5.30. The fraction of sp³-hybridized carbons (Fsp3) is 0.533. The van der Waals surface area contributed by atoms with Crippen molar-refractivity contribution in [3.05, 3.63) is 35.9 Å². The van der Waals surface area contributed by atoms with Crippen LogP contribution in [0.1, 0.15) is 24.8 Å². The Morgan fingerprint density at radius 2 is 2.16 bits per heavy atom. The van der Waals surface area contributed by atoms with E-state index in [0.29, 0.717) is 19.1 Å². The normalized spacial score (nSPS) is 19.5. The Morgan fingerprint density at radius 3 is 3.00 bits per heavy atom. The van der Waals surface area contributed by atoms with Gasteiger partial charge in [-0.15, -0.1) is 0 Å². The number of hydrogen-bond donors (Lipinski definition) is 2. The molecule has 1 fully saturated rings. The van der Waals surface area contributed by atoms with Gasteiger partial charge in [-0.1, -0.05) is 36.8 Å². The summed E-state index contributed by atoms with van der Waals surface area (Å²) in [5.74, 6) is 0.520. The van der Waals surface area contributed by atoms with Gasteiger partial charge in [0.05, 0.1) is 0 Å². The minimum atomic E-state index is -0.326. The molecule has 1 heterocycles. The fourth-order valence-electron chi connectivity index (χ4n) is 2.27. The van der Waals surface area contributed by atoms with E-state index in [9.17, 15) is 4.79 Å². The number of rotatable bonds is 4. The second kappa shape index (κ2) is 7.79. The van der Waals surface area contributed by atoms with E-state index < -0.39 is 0 Å². The van der Waals surface area contributed by atoms with Crippen molar-refractivity contribution < 1.29 is 9.53 Å². The molecule has 1 saturated heterocycles. The first-order valence-electron chi connectivity index (χ1n) is 7.00. The minimum absolute atomic E-state index is 0.326. The van der Waals surface area contributed by atoms with Crippen LogP contribution in [0.25, 0.3) is 0 Å². The Kier molecular flexibility index (Phi) is 5.69. The largest absolute Gasteiger partial charge is 0.445 e. The van der Waals surface area contributed by atoms with Gasteiger partial charge in [-0.3, -0.25) is 0 Å². The molecule has 0 bridgehead atoms. The Hall–Kier alpha value is -1.55. The molecule has 2 rings (SSSR count). The lowest BCUT2D eigenvalue weighted by atomic mass is 10.0. The molecule has 0 radical (unpaired) electrons. The number of carbonyl (C=O) groups is 1. The second-order valence-corrected chi connectivity index (χ2v) is 5.01. The van der Waals surface area contributed by atoms with Gasteiger partial charge in [-0.05, 0) is 37.4 Å². The maximum absolute atomic E-state index is 11.6. The molecule has 104 valence electrons. The van der Waals surface area contributed by atoms with Crippen LogP contribution >= 0.6 is 0 Å². The van der Waals surface area contributed by atoms with Crippen molar-refractivity contribution in [1.29, 1.82) is 0 Å². The topological polar surface area (TPSA) is 50.4 Å². The van der Waals surface area contributed by atoms with Crippen molar-refractivity contribution in [2.75, 3.05) is 19.6 Å². The summed E-state index contributed by atoms with van der Waals surface area (Å²) >= 11 is 0. The van der Waals surface area contributed by atoms with Crippen LogP contribution in [0.2, 0.25) is 0 Å². The lowest BCUT2D eigenvalue weighted by Gasteiger charge is -2.15. The van der Waals surface area contributed by atoms with E-state index in [-0.39, 0.29) is 6.09 Å². The van der Waals surface area contributed by atoms with E-state index in [1.54, 1.807) is 0 Å². The smallest absolute Gasteiger partial charge is 0.407 e. The highest BCUT2D eigenvalue weighted by atomic mass is 16.5. The molecule has 4 heteroatoms. The molecule has 1 aliphatic rings. The third-order valence-electron chi connectivity index (χ3n) is 3.40. The molecule has 1 unspecified atom stereocenters. The van der Waals surface area contributed by atoms with Gasteiger partial charge in [0.1, 0.15) is 6.61 Å². The van der Waals surface area contributed by atoms with Crippen LogP contribution in [0.4, 0.5) is 4.79 Å². The number of carbonyl (C=O) groups excluding carboxylic acids is 1. The van der Waals surface area contributed by atoms with Crippen LogP contribution in [-0.4, -0.2) is 25.7 Å². The van der Waals surface area contributed by atoms with Gasteiger partial charge in [-0.25, -0.2) is 4.79 Å². The van der Waals surface area contributed by atoms with Crippen LogP contribution in [-0.2, 0) is 11.3 Å². The third-order valence-corrected chi connectivity index (χ3v) is 3.40. The quantitative estimate of drug-likeness (QED) is 0.875. The number of ether oxygens (including phenoxy) is 1. The molecule has 1 atom stereocenters. The zero-order chi connectivity index (χ0) is 13.3. The average molecular weight is 262 g/mol. The van der Waals surface area contributed by atoms with Crippen LogP contribution in [0, 0.1) is 5.92 Å². The van der Waals surface area contributed by atoms with Gasteiger partial charge in [0.15, 0.2) is 0 Å². The first-order chi connectivity index (χ1) is 9.34. The van der Waals surface area contributed by atoms with Crippen LogP contribution in [0.15, 0.2) is 30.3 Å². The first-order valence-corrected chi connectivity index (χ1v) is 7.00. The van der Waals surface area contributed by atoms with Crippen LogP contribution in [0.3, 0.4) is 0 Å². The summed E-state index contributed by atoms with van der Waals surface area (Å²) in [7, 11) is 0. The SMILES string of the molecule is O=C(NCC1CCCCNC1)OCc1ccccc1. The number of amides is 1. The summed E-state index contributed by atoms with van der Waals surface area (Å²) in [5, 5.41) is 6.24. The van der Waals surface area contributed by atoms with Gasteiger partial charge in [-0.2, -0.15) is 0 Å². The summed E-state index contributed by atoms with van der Waals surface area (Å²) in [5.41, 5.74) is 1.01. The molecule has 1 aromatic rings. The summed E-state index contributed by atoms with van der Waals surface area (Å²) in [6.45, 7) is 3.10. The first kappa shape index (κ1) is 13.9. The summed E-state index contributed by atoms with van der Waals surface area (Å²) < 4.78 is 5.18. The molecular formula is C15H22N2O2. The molecule has 0 aliphatic carbocycles. The predicted octanol–water partition coefficient (Wildman–Crippen LogP) is 2.30. The molecule has 1 aliphatic heterocycles. The average Bonchev–Trinajstić information content (AvgIpc) is 2.73. The zero-order valence-corrected chi connectivity index (χ0v) is 11.2. The van der Waals surface area contributed by atoms with E-state index in [4.69, 9.17) is 4.74 Å². The fourth-order valence-corrected chi connectivity index (χ4v) is 2.27. The molecule has 19 heavy (non-hydrogen) atoms. The maximum atomic E-state index is 11.6. The minimum Gasteiger partial charge on any atom is -0.445 e. The summed E-state index contributed by atoms with van der Waals surface area (Å²) in [6.07, 6.45) is 3.31. The van der Waals surface area contributed by atoms with Crippen LogP contribution < -0.4 is 10.6 Å². The Balaban J connectivity index is 1.64. The van der Waals surface area contributed by atoms with Gasteiger partial charge in [0, 0.05) is 6.54 Å². The number of benzene rings is 1. The molecule has 1 amide bonds. The molecule has 4 nitrogen and oxygen atoms in total. The zero-order valence-electron chi connectivity index (χ0n) is 11.2. The predicted molar refractivity (Wildman–Crippen MR) is 74.8 cm³/mol. The Morgan fingerprint density at radius 1 is 1.32 bits per heavy atom. The lowest BCUT2D eigenvalue weighted by molar-refractivity contribution is 0.138. The van der Waals surface area contributed by atoms with E-state index in [0.717, 1.165) is 18.7 Å². The van der Waals surface area contributed by atoms with Crippen molar-refractivity contribution in [2.24, 2.45) is 5.92 Å². The van der Waals surface area contributed by atoms with E-state index in [1.165, 1.54) is 19.3 Å².